The number of benzene rings is 1. The molecule has 0 fully saturated rings. The minimum Gasteiger partial charge on any atom is -0.491 e. The molecular formula is C17H20F4O3. The summed E-state index contributed by atoms with van der Waals surface area (Å²) in [5.74, 6) is -4.11. The van der Waals surface area contributed by atoms with Gasteiger partial charge in [-0.25, -0.2) is 0 Å². The Hall–Kier alpha value is -1.76. The fourth-order valence-electron chi connectivity index (χ4n) is 2.41. The molecule has 1 aromatic carbocycles. The minimum atomic E-state index is -3.78. The van der Waals surface area contributed by atoms with Gasteiger partial charge in [0.25, 0.3) is 0 Å². The SMILES string of the molecule is CCCC1=CCC(C(F)(F)Oc2ccc(OCC)c(F)c2F)OC1. The third kappa shape index (κ3) is 4.20. The Balaban J connectivity index is 2.11. The fraction of sp³-hybridized carbons (Fsp3) is 0.529. The van der Waals surface area contributed by atoms with E-state index >= 15 is 0 Å². The van der Waals surface area contributed by atoms with E-state index in [-0.39, 0.29) is 25.4 Å². The van der Waals surface area contributed by atoms with Crippen LogP contribution in [0.2, 0.25) is 0 Å². The maximum absolute atomic E-state index is 14.2. The van der Waals surface area contributed by atoms with Crippen LogP contribution in [0.25, 0.3) is 0 Å². The summed E-state index contributed by atoms with van der Waals surface area (Å²) < 4.78 is 70.4. The predicted octanol–water partition coefficient (Wildman–Crippen LogP) is 4.85. The average Bonchev–Trinajstić information content (AvgIpc) is 2.55. The molecule has 1 atom stereocenters. The molecule has 7 heteroatoms. The van der Waals surface area contributed by atoms with Crippen LogP contribution in [0.5, 0.6) is 11.5 Å². The van der Waals surface area contributed by atoms with Crippen LogP contribution in [0.1, 0.15) is 33.1 Å². The van der Waals surface area contributed by atoms with Crippen molar-refractivity contribution in [1.82, 2.24) is 0 Å². The van der Waals surface area contributed by atoms with Crippen LogP contribution in [0.15, 0.2) is 23.8 Å². The molecule has 3 nitrogen and oxygen atoms in total. The Bertz CT molecular complexity index is 602. The van der Waals surface area contributed by atoms with E-state index < -0.39 is 29.6 Å². The van der Waals surface area contributed by atoms with E-state index in [0.29, 0.717) is 0 Å². The molecule has 24 heavy (non-hydrogen) atoms. The summed E-state index contributed by atoms with van der Waals surface area (Å²) in [6.07, 6.45) is -2.03. The van der Waals surface area contributed by atoms with Gasteiger partial charge in [0.15, 0.2) is 17.6 Å². The number of ether oxygens (including phenoxy) is 3. The molecule has 0 bridgehead atoms. The van der Waals surface area contributed by atoms with Gasteiger partial charge in [-0.2, -0.15) is 17.6 Å². The topological polar surface area (TPSA) is 27.7 Å². The largest absolute Gasteiger partial charge is 0.491 e. The number of hydrogen-bond acceptors (Lipinski definition) is 3. The molecule has 0 aliphatic carbocycles. The Kier molecular flexibility index (Phi) is 6.10. The lowest BCUT2D eigenvalue weighted by atomic mass is 10.1. The Morgan fingerprint density at radius 3 is 2.42 bits per heavy atom. The third-order valence-electron chi connectivity index (χ3n) is 3.59. The van der Waals surface area contributed by atoms with Crippen molar-refractivity contribution in [1.29, 1.82) is 0 Å². The first-order valence-corrected chi connectivity index (χ1v) is 7.86. The molecule has 0 radical (unpaired) electrons. The van der Waals surface area contributed by atoms with Crippen molar-refractivity contribution in [3.05, 3.63) is 35.4 Å². The van der Waals surface area contributed by atoms with Crippen molar-refractivity contribution in [2.75, 3.05) is 13.2 Å². The van der Waals surface area contributed by atoms with Gasteiger partial charge in [0, 0.05) is 6.42 Å². The van der Waals surface area contributed by atoms with Gasteiger partial charge in [-0.05, 0) is 31.1 Å². The maximum atomic E-state index is 14.2. The lowest BCUT2D eigenvalue weighted by Crippen LogP contribution is -2.42. The van der Waals surface area contributed by atoms with Crippen LogP contribution in [0, 0.1) is 11.6 Å². The first-order chi connectivity index (χ1) is 11.4. The second kappa shape index (κ2) is 7.88. The summed E-state index contributed by atoms with van der Waals surface area (Å²) in [6, 6.07) is 1.97. The van der Waals surface area contributed by atoms with Gasteiger partial charge in [0.05, 0.1) is 13.2 Å². The summed E-state index contributed by atoms with van der Waals surface area (Å²) in [4.78, 5) is 0. The summed E-state index contributed by atoms with van der Waals surface area (Å²) in [7, 11) is 0. The van der Waals surface area contributed by atoms with Crippen molar-refractivity contribution in [3.8, 4) is 11.5 Å². The summed E-state index contributed by atoms with van der Waals surface area (Å²) in [5, 5.41) is 0. The van der Waals surface area contributed by atoms with Gasteiger partial charge in [0.1, 0.15) is 0 Å². The minimum absolute atomic E-state index is 0.0521. The zero-order chi connectivity index (χ0) is 17.7. The van der Waals surface area contributed by atoms with Crippen LogP contribution in [-0.2, 0) is 4.74 Å². The quantitative estimate of drug-likeness (QED) is 0.521. The predicted molar refractivity (Wildman–Crippen MR) is 80.5 cm³/mol. The highest BCUT2D eigenvalue weighted by Crippen LogP contribution is 2.35. The zero-order valence-corrected chi connectivity index (χ0v) is 13.6. The van der Waals surface area contributed by atoms with E-state index in [0.717, 1.165) is 30.5 Å². The normalized spacial score (nSPS) is 18.2. The molecule has 2 rings (SSSR count). The van der Waals surface area contributed by atoms with E-state index in [9.17, 15) is 17.6 Å². The lowest BCUT2D eigenvalue weighted by Gasteiger charge is -2.29. The Morgan fingerprint density at radius 1 is 1.17 bits per heavy atom. The van der Waals surface area contributed by atoms with Crippen molar-refractivity contribution in [2.45, 2.75) is 45.3 Å². The van der Waals surface area contributed by atoms with Gasteiger partial charge in [-0.15, -0.1) is 0 Å². The molecule has 0 spiro atoms. The molecule has 1 heterocycles. The van der Waals surface area contributed by atoms with E-state index in [1.165, 1.54) is 0 Å². The molecule has 1 aromatic rings. The first kappa shape index (κ1) is 18.6. The van der Waals surface area contributed by atoms with Crippen LogP contribution in [-0.4, -0.2) is 25.4 Å². The zero-order valence-electron chi connectivity index (χ0n) is 13.6. The number of alkyl halides is 2. The number of halogens is 4. The fourth-order valence-corrected chi connectivity index (χ4v) is 2.41. The monoisotopic (exact) mass is 348 g/mol. The highest BCUT2D eigenvalue weighted by Gasteiger charge is 2.45. The number of rotatable bonds is 7. The Morgan fingerprint density at radius 2 is 1.83 bits per heavy atom. The van der Waals surface area contributed by atoms with E-state index in [4.69, 9.17) is 9.47 Å². The summed E-state index contributed by atoms with van der Waals surface area (Å²) >= 11 is 0. The molecule has 0 saturated carbocycles. The smallest absolute Gasteiger partial charge is 0.425 e. The molecule has 0 amide bonds. The van der Waals surface area contributed by atoms with Crippen molar-refractivity contribution < 1.29 is 31.8 Å². The molecule has 0 saturated heterocycles. The van der Waals surface area contributed by atoms with Gasteiger partial charge < -0.3 is 14.2 Å². The second-order valence-corrected chi connectivity index (χ2v) is 5.43. The molecule has 1 aliphatic rings. The highest BCUT2D eigenvalue weighted by atomic mass is 19.3. The van der Waals surface area contributed by atoms with Crippen LogP contribution < -0.4 is 9.47 Å². The average molecular weight is 348 g/mol. The third-order valence-corrected chi connectivity index (χ3v) is 3.59. The second-order valence-electron chi connectivity index (χ2n) is 5.43. The van der Waals surface area contributed by atoms with Gasteiger partial charge in [-0.3, -0.25) is 0 Å². The van der Waals surface area contributed by atoms with Crippen molar-refractivity contribution >= 4 is 0 Å². The number of hydrogen-bond donors (Lipinski definition) is 0. The van der Waals surface area contributed by atoms with Gasteiger partial charge in [-0.1, -0.05) is 19.4 Å². The van der Waals surface area contributed by atoms with E-state index in [1.54, 1.807) is 13.0 Å². The van der Waals surface area contributed by atoms with E-state index in [1.807, 2.05) is 6.92 Å². The van der Waals surface area contributed by atoms with Crippen LogP contribution in [0.3, 0.4) is 0 Å². The van der Waals surface area contributed by atoms with Crippen molar-refractivity contribution in [3.63, 3.8) is 0 Å². The van der Waals surface area contributed by atoms with Crippen LogP contribution >= 0.6 is 0 Å². The standard InChI is InChI=1S/C17H20F4O3/c1-3-5-11-6-9-14(23-10-11)17(20,21)24-13-8-7-12(22-4-2)15(18)16(13)19/h6-8,14H,3-5,9-10H2,1-2H3. The maximum Gasteiger partial charge on any atom is 0.425 e. The summed E-state index contributed by atoms with van der Waals surface area (Å²) in [5.41, 5.74) is 0.947. The highest BCUT2D eigenvalue weighted by molar-refractivity contribution is 5.35. The molecule has 1 unspecified atom stereocenters. The molecule has 134 valence electrons. The molecular weight excluding hydrogens is 328 g/mol. The van der Waals surface area contributed by atoms with E-state index in [2.05, 4.69) is 4.74 Å². The molecule has 1 aliphatic heterocycles. The van der Waals surface area contributed by atoms with Gasteiger partial charge in [0.2, 0.25) is 11.6 Å². The summed E-state index contributed by atoms with van der Waals surface area (Å²) in [6.45, 7) is 3.77. The van der Waals surface area contributed by atoms with Crippen molar-refractivity contribution in [2.24, 2.45) is 0 Å². The van der Waals surface area contributed by atoms with Crippen LogP contribution in [0.4, 0.5) is 17.6 Å². The molecule has 0 aromatic heterocycles. The first-order valence-electron chi connectivity index (χ1n) is 7.86. The van der Waals surface area contributed by atoms with Gasteiger partial charge >= 0.3 is 6.11 Å². The Labute approximate surface area is 138 Å². The lowest BCUT2D eigenvalue weighted by molar-refractivity contribution is -0.252. The molecule has 0 N–H and O–H groups in total.